The van der Waals surface area contributed by atoms with Gasteiger partial charge in [-0.2, -0.15) is 0 Å². The van der Waals surface area contributed by atoms with Crippen molar-refractivity contribution in [2.24, 2.45) is 5.73 Å². The first kappa shape index (κ1) is 14.7. The van der Waals surface area contributed by atoms with Gasteiger partial charge in [-0.25, -0.2) is 0 Å². The van der Waals surface area contributed by atoms with Gasteiger partial charge < -0.3 is 11.1 Å². The van der Waals surface area contributed by atoms with Gasteiger partial charge in [0.1, 0.15) is 0 Å². The fourth-order valence-electron chi connectivity index (χ4n) is 1.76. The zero-order chi connectivity index (χ0) is 12.9. The number of nitrogens with one attached hydrogen (secondary N) is 1. The van der Waals surface area contributed by atoms with Gasteiger partial charge >= 0.3 is 0 Å². The molecule has 1 atom stereocenters. The van der Waals surface area contributed by atoms with E-state index in [0.29, 0.717) is 6.04 Å². The number of hydrogen-bond acceptors (Lipinski definition) is 2. The first-order valence-electron chi connectivity index (χ1n) is 6.20. The first-order chi connectivity index (χ1) is 7.92. The minimum Gasteiger partial charge on any atom is -0.326 e. The highest BCUT2D eigenvalue weighted by Gasteiger charge is 2.12. The molecule has 1 aromatic carbocycles. The lowest BCUT2D eigenvalue weighted by Gasteiger charge is -2.22. The Bertz CT molecular complexity index is 327. The molecule has 17 heavy (non-hydrogen) atoms. The Morgan fingerprint density at radius 2 is 1.88 bits per heavy atom. The van der Waals surface area contributed by atoms with Crippen LogP contribution in [0.3, 0.4) is 0 Å². The molecule has 0 spiro atoms. The van der Waals surface area contributed by atoms with E-state index >= 15 is 0 Å². The highest BCUT2D eigenvalue weighted by Crippen LogP contribution is 2.19. The molecule has 0 bridgehead atoms. The largest absolute Gasteiger partial charge is 0.326 e. The second-order valence-corrected chi connectivity index (χ2v) is 6.12. The van der Waals surface area contributed by atoms with E-state index in [9.17, 15) is 0 Å². The molecule has 3 heteroatoms. The predicted octanol–water partition coefficient (Wildman–Crippen LogP) is 3.62. The molecule has 0 aliphatic rings. The predicted molar refractivity (Wildman–Crippen MR) is 78.1 cm³/mol. The number of hydrogen-bond donors (Lipinski definition) is 2. The summed E-state index contributed by atoms with van der Waals surface area (Å²) < 4.78 is 1.12. The van der Waals surface area contributed by atoms with Gasteiger partial charge in [0.25, 0.3) is 0 Å². The van der Waals surface area contributed by atoms with E-state index in [2.05, 4.69) is 66.3 Å². The van der Waals surface area contributed by atoms with Crippen LogP contribution < -0.4 is 11.1 Å². The quantitative estimate of drug-likeness (QED) is 0.842. The van der Waals surface area contributed by atoms with Crippen molar-refractivity contribution in [1.82, 2.24) is 5.32 Å². The molecule has 96 valence electrons. The lowest BCUT2D eigenvalue weighted by atomic mass is 10.0. The van der Waals surface area contributed by atoms with Crippen molar-refractivity contribution in [3.05, 3.63) is 34.3 Å². The first-order valence-corrected chi connectivity index (χ1v) is 6.99. The van der Waals surface area contributed by atoms with Gasteiger partial charge in [0, 0.05) is 16.1 Å². The topological polar surface area (TPSA) is 38.0 Å². The second kappa shape index (κ2) is 6.53. The lowest BCUT2D eigenvalue weighted by Crippen LogP contribution is -2.36. The average Bonchev–Trinajstić information content (AvgIpc) is 2.24. The van der Waals surface area contributed by atoms with Crippen LogP contribution in [0.5, 0.6) is 0 Å². The minimum atomic E-state index is -0.0923. The Balaban J connectivity index is 2.51. The molecule has 1 aromatic rings. The monoisotopic (exact) mass is 298 g/mol. The van der Waals surface area contributed by atoms with Gasteiger partial charge in [-0.15, -0.1) is 0 Å². The fourth-order valence-corrected chi connectivity index (χ4v) is 2.03. The molecule has 2 nitrogen and oxygen atoms in total. The van der Waals surface area contributed by atoms with Crippen molar-refractivity contribution < 1.29 is 0 Å². The summed E-state index contributed by atoms with van der Waals surface area (Å²) in [6, 6.07) is 8.93. The van der Waals surface area contributed by atoms with Gasteiger partial charge in [-0.05, 0) is 50.9 Å². The molecule has 0 aliphatic heterocycles. The third kappa shape index (κ3) is 5.66. The average molecular weight is 299 g/mol. The highest BCUT2D eigenvalue weighted by molar-refractivity contribution is 9.10. The maximum atomic E-state index is 5.98. The molecule has 0 aliphatic carbocycles. The SMILES string of the molecule is CCC(NCCC(C)(C)N)c1ccc(Br)cc1. The van der Waals surface area contributed by atoms with Gasteiger partial charge in [-0.1, -0.05) is 35.0 Å². The van der Waals surface area contributed by atoms with Crippen molar-refractivity contribution in [2.45, 2.75) is 45.2 Å². The van der Waals surface area contributed by atoms with Crippen molar-refractivity contribution in [2.75, 3.05) is 6.54 Å². The number of nitrogens with two attached hydrogens (primary N) is 1. The van der Waals surface area contributed by atoms with E-state index in [4.69, 9.17) is 5.73 Å². The maximum Gasteiger partial charge on any atom is 0.0317 e. The third-order valence-electron chi connectivity index (χ3n) is 2.84. The summed E-state index contributed by atoms with van der Waals surface area (Å²) in [5.41, 5.74) is 7.22. The van der Waals surface area contributed by atoms with E-state index in [1.807, 2.05) is 0 Å². The van der Waals surface area contributed by atoms with Gasteiger partial charge in [0.15, 0.2) is 0 Å². The second-order valence-electron chi connectivity index (χ2n) is 5.21. The number of rotatable bonds is 6. The number of halogens is 1. The summed E-state index contributed by atoms with van der Waals surface area (Å²) >= 11 is 3.46. The summed E-state index contributed by atoms with van der Waals surface area (Å²) in [5, 5.41) is 3.57. The molecule has 0 heterocycles. The van der Waals surface area contributed by atoms with Crippen LogP contribution in [-0.2, 0) is 0 Å². The summed E-state index contributed by atoms with van der Waals surface area (Å²) in [6.45, 7) is 7.29. The van der Waals surface area contributed by atoms with E-state index in [0.717, 1.165) is 23.9 Å². The third-order valence-corrected chi connectivity index (χ3v) is 3.37. The van der Waals surface area contributed by atoms with Gasteiger partial charge in [-0.3, -0.25) is 0 Å². The zero-order valence-electron chi connectivity index (χ0n) is 11.0. The van der Waals surface area contributed by atoms with Crippen LogP contribution in [0.25, 0.3) is 0 Å². The Morgan fingerprint density at radius 1 is 1.29 bits per heavy atom. The van der Waals surface area contributed by atoms with Crippen molar-refractivity contribution in [3.8, 4) is 0 Å². The Labute approximate surface area is 113 Å². The van der Waals surface area contributed by atoms with E-state index < -0.39 is 0 Å². The van der Waals surface area contributed by atoms with Crippen LogP contribution in [0.1, 0.15) is 45.2 Å². The fraction of sp³-hybridized carbons (Fsp3) is 0.571. The summed E-state index contributed by atoms with van der Waals surface area (Å²) in [4.78, 5) is 0. The van der Waals surface area contributed by atoms with E-state index in [1.165, 1.54) is 5.56 Å². The summed E-state index contributed by atoms with van der Waals surface area (Å²) in [7, 11) is 0. The van der Waals surface area contributed by atoms with E-state index in [1.54, 1.807) is 0 Å². The molecule has 0 radical (unpaired) electrons. The molecule has 0 saturated heterocycles. The molecule has 3 N–H and O–H groups in total. The van der Waals surface area contributed by atoms with Crippen LogP contribution in [0.2, 0.25) is 0 Å². The normalized spacial score (nSPS) is 13.7. The molecule has 0 fully saturated rings. The highest BCUT2D eigenvalue weighted by atomic mass is 79.9. The molecule has 0 aromatic heterocycles. The van der Waals surface area contributed by atoms with Crippen LogP contribution in [0.15, 0.2) is 28.7 Å². The molecular weight excluding hydrogens is 276 g/mol. The van der Waals surface area contributed by atoms with E-state index in [-0.39, 0.29) is 5.54 Å². The Hall–Kier alpha value is -0.380. The smallest absolute Gasteiger partial charge is 0.0317 e. The van der Waals surface area contributed by atoms with Crippen molar-refractivity contribution in [1.29, 1.82) is 0 Å². The minimum absolute atomic E-state index is 0.0923. The van der Waals surface area contributed by atoms with Crippen LogP contribution in [0, 0.1) is 0 Å². The molecule has 1 unspecified atom stereocenters. The summed E-state index contributed by atoms with van der Waals surface area (Å²) in [6.07, 6.45) is 2.08. The van der Waals surface area contributed by atoms with Gasteiger partial charge in [0.05, 0.1) is 0 Å². The lowest BCUT2D eigenvalue weighted by molar-refractivity contribution is 0.424. The molecular formula is C14H23BrN2. The molecule has 0 amide bonds. The molecule has 0 saturated carbocycles. The van der Waals surface area contributed by atoms with Crippen molar-refractivity contribution >= 4 is 15.9 Å². The van der Waals surface area contributed by atoms with Crippen LogP contribution in [0.4, 0.5) is 0 Å². The Morgan fingerprint density at radius 3 is 2.35 bits per heavy atom. The Kier molecular flexibility index (Phi) is 5.63. The summed E-state index contributed by atoms with van der Waals surface area (Å²) in [5.74, 6) is 0. The van der Waals surface area contributed by atoms with Crippen molar-refractivity contribution in [3.63, 3.8) is 0 Å². The standard InChI is InChI=1S/C14H23BrN2/c1-4-13(17-10-9-14(2,3)16)11-5-7-12(15)8-6-11/h5-8,13,17H,4,9-10,16H2,1-3H3. The van der Waals surface area contributed by atoms with Crippen LogP contribution >= 0.6 is 15.9 Å². The van der Waals surface area contributed by atoms with Gasteiger partial charge in [0.2, 0.25) is 0 Å². The molecule has 1 rings (SSSR count). The van der Waals surface area contributed by atoms with Crippen LogP contribution in [-0.4, -0.2) is 12.1 Å². The zero-order valence-corrected chi connectivity index (χ0v) is 12.5. The number of benzene rings is 1. The maximum absolute atomic E-state index is 5.98.